The first kappa shape index (κ1) is 21.6. The summed E-state index contributed by atoms with van der Waals surface area (Å²) in [6, 6.07) is 4.60. The first-order chi connectivity index (χ1) is 15.9. The number of carbonyl (C=O) groups is 1. The number of fused-ring (bicyclic) bond motifs is 2. The second-order valence-electron chi connectivity index (χ2n) is 8.15. The molecule has 0 spiro atoms. The predicted octanol–water partition coefficient (Wildman–Crippen LogP) is 3.59. The Morgan fingerprint density at radius 1 is 1.30 bits per heavy atom. The van der Waals surface area contributed by atoms with Crippen molar-refractivity contribution in [2.75, 3.05) is 43.6 Å². The van der Waals surface area contributed by atoms with Crippen molar-refractivity contribution in [3.05, 3.63) is 41.2 Å². The molecule has 1 N–H and O–H groups in total. The molecule has 5 rings (SSSR count). The fourth-order valence-electron chi connectivity index (χ4n) is 4.52. The summed E-state index contributed by atoms with van der Waals surface area (Å²) in [5.41, 5.74) is 1.34. The van der Waals surface area contributed by atoms with Crippen LogP contribution in [0, 0.1) is 0 Å². The molecule has 1 aliphatic heterocycles. The minimum atomic E-state index is -2.88. The number of pyridine rings is 1. The molecule has 2 aromatic heterocycles. The summed E-state index contributed by atoms with van der Waals surface area (Å²) < 4.78 is 41.3. The Hall–Kier alpha value is -3.27. The molecule has 0 radical (unpaired) electrons. The first-order valence-corrected chi connectivity index (χ1v) is 11.0. The largest absolute Gasteiger partial charge is 0.492 e. The normalized spacial score (nSPS) is 17.3. The second-order valence-corrected chi connectivity index (χ2v) is 8.15. The molecule has 1 fully saturated rings. The molecule has 1 aromatic carbocycles. The van der Waals surface area contributed by atoms with E-state index in [1.165, 1.54) is 12.1 Å². The van der Waals surface area contributed by atoms with Gasteiger partial charge in [0.15, 0.2) is 17.3 Å². The van der Waals surface area contributed by atoms with Crippen LogP contribution in [0.15, 0.2) is 24.4 Å². The van der Waals surface area contributed by atoms with Crippen LogP contribution in [0.4, 0.5) is 20.3 Å². The lowest BCUT2D eigenvalue weighted by atomic mass is 10.1. The van der Waals surface area contributed by atoms with Gasteiger partial charge in [-0.25, -0.2) is 13.8 Å². The lowest BCUT2D eigenvalue weighted by Gasteiger charge is -2.29. The van der Waals surface area contributed by atoms with Crippen molar-refractivity contribution < 1.29 is 23.0 Å². The number of hydrogen-bond acceptors (Lipinski definition) is 6. The van der Waals surface area contributed by atoms with E-state index in [1.54, 1.807) is 17.9 Å². The molecule has 0 atom stereocenters. The molecule has 2 aliphatic rings. The highest BCUT2D eigenvalue weighted by molar-refractivity contribution is 6.12. The number of morpholine rings is 1. The predicted molar refractivity (Wildman–Crippen MR) is 119 cm³/mol. The Kier molecular flexibility index (Phi) is 5.40. The number of rotatable bonds is 5. The van der Waals surface area contributed by atoms with E-state index in [4.69, 9.17) is 9.47 Å². The van der Waals surface area contributed by atoms with Gasteiger partial charge < -0.3 is 19.7 Å². The number of nitrogens with zero attached hydrogens (tertiary/aromatic N) is 4. The van der Waals surface area contributed by atoms with Crippen molar-refractivity contribution >= 4 is 28.3 Å². The van der Waals surface area contributed by atoms with E-state index in [9.17, 15) is 13.6 Å². The molecular weight excluding hydrogens is 432 g/mol. The SMILES string of the molecule is CCn1cc2c(OC)c(N3CCOCC3)nc(C(=O)Nc3cccc4c3CCC4(F)F)c2n1. The number of methoxy groups -OCH3 is 1. The van der Waals surface area contributed by atoms with Crippen molar-refractivity contribution in [2.24, 2.45) is 0 Å². The van der Waals surface area contributed by atoms with Gasteiger partial charge in [0.05, 0.1) is 25.7 Å². The highest BCUT2D eigenvalue weighted by Crippen LogP contribution is 2.44. The summed E-state index contributed by atoms with van der Waals surface area (Å²) in [6.45, 7) is 4.86. The highest BCUT2D eigenvalue weighted by atomic mass is 19.3. The molecule has 10 heteroatoms. The summed E-state index contributed by atoms with van der Waals surface area (Å²) in [6.07, 6.45) is 1.77. The van der Waals surface area contributed by atoms with Crippen LogP contribution in [-0.2, 0) is 23.6 Å². The van der Waals surface area contributed by atoms with Crippen LogP contribution in [0.25, 0.3) is 10.9 Å². The Labute approximate surface area is 189 Å². The molecule has 174 valence electrons. The van der Waals surface area contributed by atoms with E-state index in [0.29, 0.717) is 66.6 Å². The zero-order valence-electron chi connectivity index (χ0n) is 18.5. The average molecular weight is 457 g/mol. The maximum absolute atomic E-state index is 14.2. The van der Waals surface area contributed by atoms with E-state index in [1.807, 2.05) is 18.0 Å². The quantitative estimate of drug-likeness (QED) is 0.631. The van der Waals surface area contributed by atoms with Crippen LogP contribution in [0.5, 0.6) is 5.75 Å². The summed E-state index contributed by atoms with van der Waals surface area (Å²) in [4.78, 5) is 20.1. The van der Waals surface area contributed by atoms with Gasteiger partial charge in [-0.2, -0.15) is 5.10 Å². The number of ether oxygens (including phenoxy) is 2. The molecule has 1 saturated heterocycles. The molecule has 0 saturated carbocycles. The van der Waals surface area contributed by atoms with Gasteiger partial charge in [0, 0.05) is 43.5 Å². The molecule has 8 nitrogen and oxygen atoms in total. The number of amides is 1. The van der Waals surface area contributed by atoms with E-state index >= 15 is 0 Å². The number of anilines is 2. The van der Waals surface area contributed by atoms with E-state index < -0.39 is 11.8 Å². The van der Waals surface area contributed by atoms with Crippen LogP contribution < -0.4 is 15.0 Å². The van der Waals surface area contributed by atoms with E-state index in [-0.39, 0.29) is 24.1 Å². The fraction of sp³-hybridized carbons (Fsp3) is 0.435. The minimum absolute atomic E-state index is 0.0302. The zero-order valence-corrected chi connectivity index (χ0v) is 18.5. The van der Waals surface area contributed by atoms with Crippen LogP contribution in [0.3, 0.4) is 0 Å². The van der Waals surface area contributed by atoms with Gasteiger partial charge in [0.25, 0.3) is 11.8 Å². The van der Waals surface area contributed by atoms with Crippen molar-refractivity contribution in [1.82, 2.24) is 14.8 Å². The molecule has 3 heterocycles. The van der Waals surface area contributed by atoms with Crippen molar-refractivity contribution in [3.8, 4) is 5.75 Å². The molecule has 1 amide bonds. The number of nitrogens with one attached hydrogen (secondary N) is 1. The summed E-state index contributed by atoms with van der Waals surface area (Å²) in [5, 5.41) is 8.02. The van der Waals surface area contributed by atoms with Crippen molar-refractivity contribution in [3.63, 3.8) is 0 Å². The molecule has 3 aromatic rings. The number of aromatic nitrogens is 3. The number of aryl methyl sites for hydroxylation is 1. The Morgan fingerprint density at radius 3 is 2.82 bits per heavy atom. The van der Waals surface area contributed by atoms with Gasteiger partial charge in [-0.05, 0) is 25.0 Å². The lowest BCUT2D eigenvalue weighted by Crippen LogP contribution is -2.37. The minimum Gasteiger partial charge on any atom is -0.492 e. The van der Waals surface area contributed by atoms with Gasteiger partial charge in [-0.3, -0.25) is 9.48 Å². The van der Waals surface area contributed by atoms with Crippen LogP contribution >= 0.6 is 0 Å². The van der Waals surface area contributed by atoms with Crippen LogP contribution in [0.1, 0.15) is 35.0 Å². The Bertz CT molecular complexity index is 1220. The summed E-state index contributed by atoms with van der Waals surface area (Å²) >= 11 is 0. The number of hydrogen-bond donors (Lipinski definition) is 1. The number of alkyl halides is 2. The Morgan fingerprint density at radius 2 is 2.09 bits per heavy atom. The van der Waals surface area contributed by atoms with Crippen LogP contribution in [-0.4, -0.2) is 54.1 Å². The smallest absolute Gasteiger partial charge is 0.276 e. The second kappa shape index (κ2) is 8.26. The lowest BCUT2D eigenvalue weighted by molar-refractivity contribution is -0.00184. The van der Waals surface area contributed by atoms with Gasteiger partial charge >= 0.3 is 0 Å². The highest BCUT2D eigenvalue weighted by Gasteiger charge is 2.40. The maximum Gasteiger partial charge on any atom is 0.276 e. The fourth-order valence-corrected chi connectivity index (χ4v) is 4.52. The maximum atomic E-state index is 14.2. The van der Waals surface area contributed by atoms with E-state index in [0.717, 1.165) is 0 Å². The Balaban J connectivity index is 1.60. The third kappa shape index (κ3) is 3.68. The zero-order chi connectivity index (χ0) is 23.2. The van der Waals surface area contributed by atoms with Crippen molar-refractivity contribution in [2.45, 2.75) is 32.2 Å². The number of benzene rings is 1. The molecule has 0 bridgehead atoms. The third-order valence-electron chi connectivity index (χ3n) is 6.21. The molecule has 33 heavy (non-hydrogen) atoms. The molecule has 1 aliphatic carbocycles. The third-order valence-corrected chi connectivity index (χ3v) is 6.21. The molecular formula is C23H25F2N5O3. The van der Waals surface area contributed by atoms with Gasteiger partial charge in [0.1, 0.15) is 5.52 Å². The summed E-state index contributed by atoms with van der Waals surface area (Å²) in [7, 11) is 1.57. The average Bonchev–Trinajstić information content (AvgIpc) is 3.40. The van der Waals surface area contributed by atoms with E-state index in [2.05, 4.69) is 15.4 Å². The number of halogens is 2. The van der Waals surface area contributed by atoms with Crippen molar-refractivity contribution in [1.29, 1.82) is 0 Å². The topological polar surface area (TPSA) is 81.5 Å². The van der Waals surface area contributed by atoms with Gasteiger partial charge in [-0.15, -0.1) is 0 Å². The van der Waals surface area contributed by atoms with Crippen LogP contribution in [0.2, 0.25) is 0 Å². The molecule has 0 unspecified atom stereocenters. The standard InChI is InChI=1S/C23H25F2N5O3/c1-3-30-13-15-18(28-30)19(27-21(20(15)32-2)29-9-11-33-12-10-29)22(31)26-17-6-4-5-16-14(17)7-8-23(16,24)25/h4-6,13H,3,7-12H2,1-2H3,(H,26,31). The summed E-state index contributed by atoms with van der Waals surface area (Å²) in [5.74, 6) is -2.30. The van der Waals surface area contributed by atoms with Gasteiger partial charge in [0.2, 0.25) is 0 Å². The monoisotopic (exact) mass is 457 g/mol. The number of carbonyl (C=O) groups excluding carboxylic acids is 1. The van der Waals surface area contributed by atoms with Gasteiger partial charge in [-0.1, -0.05) is 12.1 Å². The first-order valence-electron chi connectivity index (χ1n) is 11.0.